The normalized spacial score (nSPS) is 14.3. The van der Waals surface area contributed by atoms with Crippen molar-refractivity contribution in [2.24, 2.45) is 7.05 Å². The molecule has 0 saturated heterocycles. The van der Waals surface area contributed by atoms with Gasteiger partial charge in [0.15, 0.2) is 5.60 Å². The van der Waals surface area contributed by atoms with Gasteiger partial charge in [-0.15, -0.1) is 0 Å². The van der Waals surface area contributed by atoms with Crippen molar-refractivity contribution in [1.82, 2.24) is 19.5 Å². The fraction of sp³-hybridized carbons (Fsp3) is 0.292. The van der Waals surface area contributed by atoms with Gasteiger partial charge in [0.05, 0.1) is 35.2 Å². The number of rotatable bonds is 5. The standard InChI is InChI=1S/C24H19ClF6N4O/c1-3-17-16(10-22(26,27)28)21(25)15-8-13(4-5-18(15)34-17)23(36,20-11-32-12-35(20)2)14-6-7-33-19(9-14)24(29,30)31/h4-9,11-12,36H,3,10H2,1-2H3. The van der Waals surface area contributed by atoms with Crippen molar-refractivity contribution in [2.75, 3.05) is 0 Å². The van der Waals surface area contributed by atoms with Crippen molar-refractivity contribution in [3.05, 3.63) is 87.8 Å². The molecular weight excluding hydrogens is 510 g/mol. The first-order valence-corrected chi connectivity index (χ1v) is 11.0. The van der Waals surface area contributed by atoms with Crippen molar-refractivity contribution >= 4 is 22.5 Å². The zero-order chi connectivity index (χ0) is 26.5. The number of halogens is 7. The van der Waals surface area contributed by atoms with Gasteiger partial charge in [-0.3, -0.25) is 9.97 Å². The SMILES string of the molecule is CCc1nc2ccc(C(O)(c3ccnc(C(F)(F)F)c3)c3cncn3C)cc2c(Cl)c1CC(F)(F)F. The van der Waals surface area contributed by atoms with Gasteiger partial charge in [0.1, 0.15) is 5.69 Å². The number of aryl methyl sites for hydroxylation is 2. The van der Waals surface area contributed by atoms with E-state index in [1.165, 1.54) is 41.4 Å². The van der Waals surface area contributed by atoms with Gasteiger partial charge in [0.2, 0.25) is 0 Å². The highest BCUT2D eigenvalue weighted by Gasteiger charge is 2.40. The Balaban J connectivity index is 2.00. The molecule has 0 radical (unpaired) electrons. The Labute approximate surface area is 206 Å². The van der Waals surface area contributed by atoms with Crippen LogP contribution in [0.25, 0.3) is 10.9 Å². The van der Waals surface area contributed by atoms with Crippen molar-refractivity contribution in [2.45, 2.75) is 37.7 Å². The molecule has 0 spiro atoms. The Hall–Kier alpha value is -3.18. The number of fused-ring (bicyclic) bond motifs is 1. The van der Waals surface area contributed by atoms with Gasteiger partial charge in [-0.05, 0) is 41.8 Å². The summed E-state index contributed by atoms with van der Waals surface area (Å²) in [6.07, 6.45) is -6.84. The van der Waals surface area contributed by atoms with Crippen LogP contribution < -0.4 is 0 Å². The summed E-state index contributed by atoms with van der Waals surface area (Å²) in [5.74, 6) is 0. The van der Waals surface area contributed by atoms with Crippen molar-refractivity contribution in [3.8, 4) is 0 Å². The van der Waals surface area contributed by atoms with Gasteiger partial charge < -0.3 is 9.67 Å². The lowest BCUT2D eigenvalue weighted by atomic mass is 9.83. The molecule has 0 amide bonds. The van der Waals surface area contributed by atoms with Gasteiger partial charge in [-0.1, -0.05) is 24.6 Å². The average molecular weight is 529 g/mol. The molecule has 1 unspecified atom stereocenters. The van der Waals surface area contributed by atoms with Crippen LogP contribution in [-0.4, -0.2) is 30.8 Å². The molecular formula is C24H19ClF6N4O. The molecule has 0 aliphatic carbocycles. The summed E-state index contributed by atoms with van der Waals surface area (Å²) in [5, 5.41) is 11.9. The van der Waals surface area contributed by atoms with Gasteiger partial charge in [0, 0.05) is 29.9 Å². The maximum absolute atomic E-state index is 13.4. The predicted octanol–water partition coefficient (Wildman–Crippen LogP) is 5.99. The Kier molecular flexibility index (Phi) is 6.50. The summed E-state index contributed by atoms with van der Waals surface area (Å²) in [4.78, 5) is 11.6. The van der Waals surface area contributed by atoms with Crippen molar-refractivity contribution in [1.29, 1.82) is 0 Å². The zero-order valence-corrected chi connectivity index (χ0v) is 19.7. The van der Waals surface area contributed by atoms with Crippen LogP contribution in [0.4, 0.5) is 26.3 Å². The highest BCUT2D eigenvalue weighted by Crippen LogP contribution is 2.41. The van der Waals surface area contributed by atoms with Crippen LogP contribution in [0, 0.1) is 0 Å². The Bertz CT molecular complexity index is 1430. The zero-order valence-electron chi connectivity index (χ0n) is 18.9. The molecule has 12 heteroatoms. The first-order chi connectivity index (χ1) is 16.8. The van der Waals surface area contributed by atoms with Gasteiger partial charge >= 0.3 is 12.4 Å². The number of aliphatic hydroxyl groups is 1. The van der Waals surface area contributed by atoms with Crippen LogP contribution in [0.15, 0.2) is 49.1 Å². The fourth-order valence-electron chi connectivity index (χ4n) is 4.19. The maximum atomic E-state index is 13.4. The van der Waals surface area contributed by atoms with Crippen LogP contribution >= 0.6 is 11.6 Å². The summed E-state index contributed by atoms with van der Waals surface area (Å²) in [5.41, 5.74) is -3.12. The fourth-order valence-corrected chi connectivity index (χ4v) is 4.52. The minimum Gasteiger partial charge on any atom is -0.374 e. The molecule has 0 aliphatic rings. The summed E-state index contributed by atoms with van der Waals surface area (Å²) >= 11 is 6.44. The highest BCUT2D eigenvalue weighted by atomic mass is 35.5. The molecule has 3 aromatic heterocycles. The third-order valence-corrected chi connectivity index (χ3v) is 6.32. The van der Waals surface area contributed by atoms with Crippen molar-refractivity contribution in [3.63, 3.8) is 0 Å². The molecule has 1 aromatic carbocycles. The number of alkyl halides is 6. The molecule has 5 nitrogen and oxygen atoms in total. The third-order valence-electron chi connectivity index (χ3n) is 5.89. The van der Waals surface area contributed by atoms with Gasteiger partial charge in [-0.2, -0.15) is 26.3 Å². The smallest absolute Gasteiger partial charge is 0.374 e. The van der Waals surface area contributed by atoms with E-state index in [1.54, 1.807) is 14.0 Å². The monoisotopic (exact) mass is 528 g/mol. The molecule has 0 bridgehead atoms. The minimum absolute atomic E-state index is 0.0591. The first kappa shape index (κ1) is 25.9. The van der Waals surface area contributed by atoms with E-state index in [1.807, 2.05) is 0 Å². The van der Waals surface area contributed by atoms with Crippen LogP contribution in [0.2, 0.25) is 5.02 Å². The van der Waals surface area contributed by atoms with E-state index in [0.717, 1.165) is 6.20 Å². The second-order valence-corrected chi connectivity index (χ2v) is 8.63. The molecule has 1 N–H and O–H groups in total. The third kappa shape index (κ3) is 4.64. The van der Waals surface area contributed by atoms with E-state index in [-0.39, 0.29) is 50.4 Å². The number of benzene rings is 1. The lowest BCUT2D eigenvalue weighted by Gasteiger charge is -2.30. The molecule has 36 heavy (non-hydrogen) atoms. The second kappa shape index (κ2) is 9.04. The number of pyridine rings is 2. The quantitative estimate of drug-likeness (QED) is 0.323. The number of hydrogen-bond donors (Lipinski definition) is 1. The molecule has 190 valence electrons. The minimum atomic E-state index is -4.77. The Morgan fingerprint density at radius 3 is 2.31 bits per heavy atom. The number of imidazole rings is 1. The molecule has 0 aliphatic heterocycles. The lowest BCUT2D eigenvalue weighted by molar-refractivity contribution is -0.141. The van der Waals surface area contributed by atoms with Gasteiger partial charge in [-0.25, -0.2) is 4.98 Å². The van der Waals surface area contributed by atoms with E-state index in [0.29, 0.717) is 6.07 Å². The van der Waals surface area contributed by atoms with Crippen LogP contribution in [0.1, 0.15) is 40.7 Å². The van der Waals surface area contributed by atoms with Crippen LogP contribution in [0.5, 0.6) is 0 Å². The molecule has 4 rings (SSSR count). The summed E-state index contributed by atoms with van der Waals surface area (Å²) in [6, 6.07) is 6.17. The van der Waals surface area contributed by atoms with E-state index in [2.05, 4.69) is 15.0 Å². The number of nitrogens with zero attached hydrogens (tertiary/aromatic N) is 4. The lowest BCUT2D eigenvalue weighted by Crippen LogP contribution is -2.31. The molecule has 1 atom stereocenters. The predicted molar refractivity (Wildman–Crippen MR) is 120 cm³/mol. The summed E-state index contributed by atoms with van der Waals surface area (Å²) < 4.78 is 81.4. The van der Waals surface area contributed by atoms with E-state index < -0.39 is 30.1 Å². The highest BCUT2D eigenvalue weighted by molar-refractivity contribution is 6.36. The Morgan fingerprint density at radius 1 is 1.03 bits per heavy atom. The van der Waals surface area contributed by atoms with Crippen molar-refractivity contribution < 1.29 is 31.4 Å². The Morgan fingerprint density at radius 2 is 1.72 bits per heavy atom. The largest absolute Gasteiger partial charge is 0.433 e. The number of hydrogen-bond acceptors (Lipinski definition) is 4. The molecule has 4 aromatic rings. The topological polar surface area (TPSA) is 63.8 Å². The molecule has 0 fully saturated rings. The van der Waals surface area contributed by atoms with Crippen LogP contribution in [0.3, 0.4) is 0 Å². The molecule has 3 heterocycles. The maximum Gasteiger partial charge on any atom is 0.433 e. The number of aromatic nitrogens is 4. The second-order valence-electron chi connectivity index (χ2n) is 8.26. The average Bonchev–Trinajstić information content (AvgIpc) is 3.25. The first-order valence-electron chi connectivity index (χ1n) is 10.7. The molecule has 0 saturated carbocycles. The van der Waals surface area contributed by atoms with Crippen LogP contribution in [-0.2, 0) is 31.7 Å². The summed E-state index contributed by atoms with van der Waals surface area (Å²) in [7, 11) is 1.55. The van der Waals surface area contributed by atoms with Gasteiger partial charge in [0.25, 0.3) is 0 Å². The van der Waals surface area contributed by atoms with E-state index in [4.69, 9.17) is 11.6 Å². The summed E-state index contributed by atoms with van der Waals surface area (Å²) in [6.45, 7) is 1.65. The van der Waals surface area contributed by atoms with E-state index >= 15 is 0 Å². The van der Waals surface area contributed by atoms with E-state index in [9.17, 15) is 31.4 Å².